The lowest BCUT2D eigenvalue weighted by atomic mass is 9.75. The predicted octanol–water partition coefficient (Wildman–Crippen LogP) is 9.40. The van der Waals surface area contributed by atoms with E-state index in [9.17, 15) is 0 Å². The molecule has 0 N–H and O–H groups in total. The highest BCUT2D eigenvalue weighted by Crippen LogP contribution is 2.48. The number of benzene rings is 6. The van der Waals surface area contributed by atoms with Crippen molar-refractivity contribution in [3.63, 3.8) is 0 Å². The highest BCUT2D eigenvalue weighted by Gasteiger charge is 2.34. The van der Waals surface area contributed by atoms with Crippen LogP contribution in [0.3, 0.4) is 0 Å². The van der Waals surface area contributed by atoms with Crippen LogP contribution in [-0.2, 0) is 5.41 Å². The second-order valence-electron chi connectivity index (χ2n) is 10.6. The van der Waals surface area contributed by atoms with Gasteiger partial charge in [0.15, 0.2) is 0 Å². The molecule has 6 aromatic carbocycles. The fraction of sp³-hybridized carbons (Fsp3) is 0.0857. The van der Waals surface area contributed by atoms with Gasteiger partial charge in [-0.1, -0.05) is 105 Å². The first-order valence-electron chi connectivity index (χ1n) is 12.7. The summed E-state index contributed by atoms with van der Waals surface area (Å²) in [7, 11) is 0. The van der Waals surface area contributed by atoms with Gasteiger partial charge in [0.05, 0.1) is 16.7 Å². The topological polar surface area (TPSA) is 4.93 Å². The van der Waals surface area contributed by atoms with Crippen LogP contribution in [0.25, 0.3) is 60.2 Å². The molecule has 1 nitrogen and oxygen atoms in total. The summed E-state index contributed by atoms with van der Waals surface area (Å²) in [5, 5.41) is 7.81. The highest BCUT2D eigenvalue weighted by molar-refractivity contribution is 6.16. The lowest BCUT2D eigenvalue weighted by Crippen LogP contribution is -2.26. The maximum Gasteiger partial charge on any atom is 0.0582 e. The normalized spacial score (nSPS) is 14.1. The Hall–Kier alpha value is -4.36. The van der Waals surface area contributed by atoms with Crippen molar-refractivity contribution in [1.29, 1.82) is 0 Å². The van der Waals surface area contributed by atoms with Gasteiger partial charge < -0.3 is 4.57 Å². The molecule has 0 unspecified atom stereocenters. The van der Waals surface area contributed by atoms with Crippen LogP contribution < -0.4 is 0 Å². The summed E-state index contributed by atoms with van der Waals surface area (Å²) < 4.78 is 2.49. The number of para-hydroxylation sites is 2. The molecule has 1 aromatic heterocycles. The fourth-order valence-electron chi connectivity index (χ4n) is 6.65. The molecule has 7 aromatic rings. The summed E-state index contributed by atoms with van der Waals surface area (Å²) in [6, 6.07) is 42.7. The summed E-state index contributed by atoms with van der Waals surface area (Å²) in [6.07, 6.45) is 0. The minimum atomic E-state index is -0.0465. The Labute approximate surface area is 210 Å². The Morgan fingerprint density at radius 1 is 0.528 bits per heavy atom. The van der Waals surface area contributed by atoms with Gasteiger partial charge in [-0.2, -0.15) is 0 Å². The van der Waals surface area contributed by atoms with Gasteiger partial charge in [-0.3, -0.25) is 0 Å². The van der Waals surface area contributed by atoms with Gasteiger partial charge >= 0.3 is 0 Å². The minimum absolute atomic E-state index is 0.0465. The quantitative estimate of drug-likeness (QED) is 0.215. The molecule has 8 rings (SSSR count). The standard InChI is InChI=1S/C35H25N/c1-35(2)29-15-7-8-17-32(29)36-31-19-18-24(21-28(31)27-14-9-16-30(35)34(27)36)33-25-12-5-3-10-22(25)20-23-11-4-6-13-26(23)33/h3-21H,1-2H3. The second kappa shape index (κ2) is 6.86. The van der Waals surface area contributed by atoms with Crippen molar-refractivity contribution in [2.24, 2.45) is 0 Å². The Morgan fingerprint density at radius 3 is 1.94 bits per heavy atom. The molecule has 2 heterocycles. The first kappa shape index (κ1) is 19.9. The number of fused-ring (bicyclic) bond motifs is 7. The van der Waals surface area contributed by atoms with Crippen LogP contribution in [0.5, 0.6) is 0 Å². The van der Waals surface area contributed by atoms with Crippen molar-refractivity contribution in [1.82, 2.24) is 4.57 Å². The summed E-state index contributed by atoms with van der Waals surface area (Å²) in [5.74, 6) is 0. The maximum absolute atomic E-state index is 2.49. The van der Waals surface area contributed by atoms with E-state index in [4.69, 9.17) is 0 Å². The van der Waals surface area contributed by atoms with Crippen LogP contribution in [0.15, 0.2) is 115 Å². The van der Waals surface area contributed by atoms with E-state index < -0.39 is 0 Å². The van der Waals surface area contributed by atoms with Crippen molar-refractivity contribution in [3.8, 4) is 16.8 Å². The van der Waals surface area contributed by atoms with Gasteiger partial charge in [-0.25, -0.2) is 0 Å². The first-order chi connectivity index (χ1) is 17.6. The molecule has 0 atom stereocenters. The van der Waals surface area contributed by atoms with E-state index in [1.807, 2.05) is 0 Å². The van der Waals surface area contributed by atoms with Gasteiger partial charge in [0.25, 0.3) is 0 Å². The van der Waals surface area contributed by atoms with Crippen LogP contribution in [0.1, 0.15) is 25.0 Å². The van der Waals surface area contributed by atoms with Crippen molar-refractivity contribution in [2.75, 3.05) is 0 Å². The lowest BCUT2D eigenvalue weighted by Gasteiger charge is -2.34. The molecule has 36 heavy (non-hydrogen) atoms. The fourth-order valence-corrected chi connectivity index (χ4v) is 6.65. The third-order valence-electron chi connectivity index (χ3n) is 8.34. The highest BCUT2D eigenvalue weighted by atomic mass is 15.0. The molecule has 170 valence electrons. The van der Waals surface area contributed by atoms with E-state index in [2.05, 4.69) is 134 Å². The van der Waals surface area contributed by atoms with E-state index in [0.29, 0.717) is 0 Å². The third kappa shape index (κ3) is 2.45. The molecular formula is C35H25N. The molecule has 0 spiro atoms. The molecule has 0 bridgehead atoms. The molecule has 1 aliphatic rings. The van der Waals surface area contributed by atoms with Crippen LogP contribution in [0.2, 0.25) is 0 Å². The Morgan fingerprint density at radius 2 is 1.17 bits per heavy atom. The van der Waals surface area contributed by atoms with Gasteiger partial charge in [-0.05, 0) is 68.1 Å². The van der Waals surface area contributed by atoms with E-state index in [-0.39, 0.29) is 5.41 Å². The van der Waals surface area contributed by atoms with E-state index in [0.717, 1.165) is 0 Å². The average Bonchev–Trinajstić information content (AvgIpc) is 3.25. The summed E-state index contributed by atoms with van der Waals surface area (Å²) in [4.78, 5) is 0. The Kier molecular flexibility index (Phi) is 3.79. The SMILES string of the molecule is CC1(C)c2ccccc2-n2c3ccc(-c4c5ccccc5cc5ccccc45)cc3c3cccc1c32. The smallest absolute Gasteiger partial charge is 0.0582 e. The number of hydrogen-bond acceptors (Lipinski definition) is 0. The number of rotatable bonds is 1. The van der Waals surface area contributed by atoms with Crippen molar-refractivity contribution in [2.45, 2.75) is 19.3 Å². The van der Waals surface area contributed by atoms with E-state index in [1.165, 1.54) is 71.3 Å². The van der Waals surface area contributed by atoms with E-state index >= 15 is 0 Å². The minimum Gasteiger partial charge on any atom is -0.309 e. The Bertz CT molecular complexity index is 1960. The van der Waals surface area contributed by atoms with Crippen LogP contribution >= 0.6 is 0 Å². The van der Waals surface area contributed by atoms with Gasteiger partial charge in [0.2, 0.25) is 0 Å². The zero-order valence-corrected chi connectivity index (χ0v) is 20.4. The zero-order valence-electron chi connectivity index (χ0n) is 20.4. The molecule has 1 aliphatic heterocycles. The molecule has 1 heteroatoms. The van der Waals surface area contributed by atoms with Gasteiger partial charge in [0.1, 0.15) is 0 Å². The van der Waals surface area contributed by atoms with Crippen molar-refractivity contribution in [3.05, 3.63) is 126 Å². The monoisotopic (exact) mass is 459 g/mol. The molecule has 0 saturated heterocycles. The molecule has 0 fully saturated rings. The van der Waals surface area contributed by atoms with Crippen molar-refractivity contribution < 1.29 is 0 Å². The molecule has 0 aliphatic carbocycles. The van der Waals surface area contributed by atoms with Gasteiger partial charge in [-0.15, -0.1) is 0 Å². The number of nitrogens with zero attached hydrogens (tertiary/aromatic N) is 1. The largest absolute Gasteiger partial charge is 0.309 e. The van der Waals surface area contributed by atoms with Crippen molar-refractivity contribution >= 4 is 43.4 Å². The lowest BCUT2D eigenvalue weighted by molar-refractivity contribution is 0.630. The first-order valence-corrected chi connectivity index (χ1v) is 12.7. The Balaban J connectivity index is 1.52. The zero-order chi connectivity index (χ0) is 24.0. The summed E-state index contributed by atoms with van der Waals surface area (Å²) in [5.41, 5.74) is 9.23. The van der Waals surface area contributed by atoms with Crippen LogP contribution in [0, 0.1) is 0 Å². The average molecular weight is 460 g/mol. The predicted molar refractivity (Wildman–Crippen MR) is 153 cm³/mol. The van der Waals surface area contributed by atoms with E-state index in [1.54, 1.807) is 0 Å². The molecular weight excluding hydrogens is 434 g/mol. The number of hydrogen-bond donors (Lipinski definition) is 0. The molecule has 0 amide bonds. The molecule has 0 saturated carbocycles. The van der Waals surface area contributed by atoms with Crippen LogP contribution in [0.4, 0.5) is 0 Å². The number of aromatic nitrogens is 1. The van der Waals surface area contributed by atoms with Crippen LogP contribution in [-0.4, -0.2) is 4.57 Å². The molecule has 0 radical (unpaired) electrons. The maximum atomic E-state index is 2.49. The summed E-state index contributed by atoms with van der Waals surface area (Å²) >= 11 is 0. The third-order valence-corrected chi connectivity index (χ3v) is 8.34. The summed E-state index contributed by atoms with van der Waals surface area (Å²) in [6.45, 7) is 4.71. The van der Waals surface area contributed by atoms with Gasteiger partial charge in [0, 0.05) is 16.2 Å². The second-order valence-corrected chi connectivity index (χ2v) is 10.6.